The molecule has 0 fully saturated rings. The Labute approximate surface area is 118 Å². The summed E-state index contributed by atoms with van der Waals surface area (Å²) in [6.45, 7) is 4.04. The zero-order valence-corrected chi connectivity index (χ0v) is 12.5. The van der Waals surface area contributed by atoms with Crippen molar-refractivity contribution in [3.05, 3.63) is 24.6 Å². The third-order valence-corrected chi connectivity index (χ3v) is 3.56. The molecular formula is C16H30N2O. The topological polar surface area (TPSA) is 35.5 Å². The van der Waals surface area contributed by atoms with Crippen LogP contribution < -0.4 is 5.32 Å². The zero-order valence-electron chi connectivity index (χ0n) is 12.5. The summed E-state index contributed by atoms with van der Waals surface area (Å²) in [7, 11) is 0. The first-order valence-electron chi connectivity index (χ1n) is 7.80. The molecule has 2 unspecified atom stereocenters. The summed E-state index contributed by atoms with van der Waals surface area (Å²) in [5, 5.41) is 12.8. The standard InChI is InChI=1S/C16H30N2O/c1-3-4-5-6-7-8-9-10-11-12-16-17-13-14-18(16)15(2)19/h11-17,19H,3-10H2,1-2H3/b12-11+. The quantitative estimate of drug-likeness (QED) is 0.467. The van der Waals surface area contributed by atoms with Crippen LogP contribution in [0.5, 0.6) is 0 Å². The zero-order chi connectivity index (χ0) is 13.9. The van der Waals surface area contributed by atoms with E-state index in [2.05, 4.69) is 24.4 Å². The van der Waals surface area contributed by atoms with E-state index in [4.69, 9.17) is 0 Å². The van der Waals surface area contributed by atoms with Gasteiger partial charge in [-0.3, -0.25) is 0 Å². The van der Waals surface area contributed by atoms with Crippen molar-refractivity contribution in [3.8, 4) is 0 Å². The van der Waals surface area contributed by atoms with Crippen molar-refractivity contribution in [1.29, 1.82) is 0 Å². The maximum absolute atomic E-state index is 9.57. The molecule has 0 radical (unpaired) electrons. The lowest BCUT2D eigenvalue weighted by Crippen LogP contribution is -2.39. The van der Waals surface area contributed by atoms with Gasteiger partial charge in [0.1, 0.15) is 12.4 Å². The minimum Gasteiger partial charge on any atom is -0.374 e. The van der Waals surface area contributed by atoms with Gasteiger partial charge >= 0.3 is 0 Å². The first-order valence-corrected chi connectivity index (χ1v) is 7.80. The van der Waals surface area contributed by atoms with E-state index < -0.39 is 6.23 Å². The molecule has 1 aliphatic heterocycles. The molecular weight excluding hydrogens is 236 g/mol. The van der Waals surface area contributed by atoms with Crippen LogP contribution in [0, 0.1) is 0 Å². The predicted octanol–water partition coefficient (Wildman–Crippen LogP) is 3.72. The van der Waals surface area contributed by atoms with E-state index >= 15 is 0 Å². The van der Waals surface area contributed by atoms with Gasteiger partial charge in [-0.1, -0.05) is 51.5 Å². The first kappa shape index (κ1) is 16.1. The van der Waals surface area contributed by atoms with Crippen molar-refractivity contribution < 1.29 is 5.11 Å². The summed E-state index contributed by atoms with van der Waals surface area (Å²) in [4.78, 5) is 1.90. The number of hydrogen-bond donors (Lipinski definition) is 2. The Hall–Kier alpha value is -0.960. The lowest BCUT2D eigenvalue weighted by molar-refractivity contribution is 0.0408. The van der Waals surface area contributed by atoms with Gasteiger partial charge in [-0.2, -0.15) is 0 Å². The maximum Gasteiger partial charge on any atom is 0.125 e. The van der Waals surface area contributed by atoms with Crippen molar-refractivity contribution in [3.63, 3.8) is 0 Å². The van der Waals surface area contributed by atoms with Gasteiger partial charge in [-0.15, -0.1) is 0 Å². The van der Waals surface area contributed by atoms with Crippen LogP contribution in [0.1, 0.15) is 65.2 Å². The molecule has 0 aromatic carbocycles. The van der Waals surface area contributed by atoms with E-state index in [0.717, 1.165) is 6.42 Å². The van der Waals surface area contributed by atoms with Crippen molar-refractivity contribution >= 4 is 0 Å². The normalized spacial score (nSPS) is 20.2. The van der Waals surface area contributed by atoms with Crippen LogP contribution in [0.25, 0.3) is 0 Å². The largest absolute Gasteiger partial charge is 0.374 e. The first-order chi connectivity index (χ1) is 9.25. The Balaban J connectivity index is 2.01. The van der Waals surface area contributed by atoms with Crippen LogP contribution in [0.2, 0.25) is 0 Å². The van der Waals surface area contributed by atoms with Gasteiger partial charge in [0.2, 0.25) is 0 Å². The van der Waals surface area contributed by atoms with Crippen LogP contribution in [0.4, 0.5) is 0 Å². The van der Waals surface area contributed by atoms with Crippen LogP contribution in [0.3, 0.4) is 0 Å². The van der Waals surface area contributed by atoms with Gasteiger partial charge in [0.15, 0.2) is 0 Å². The van der Waals surface area contributed by atoms with Gasteiger partial charge in [0.05, 0.1) is 0 Å². The lowest BCUT2D eigenvalue weighted by atomic mass is 10.1. The van der Waals surface area contributed by atoms with Crippen LogP contribution >= 0.6 is 0 Å². The maximum atomic E-state index is 9.57. The monoisotopic (exact) mass is 266 g/mol. The number of aliphatic hydroxyl groups is 1. The summed E-state index contributed by atoms with van der Waals surface area (Å²) in [6, 6.07) is 0. The summed E-state index contributed by atoms with van der Waals surface area (Å²) in [5.41, 5.74) is 0. The number of unbranched alkanes of at least 4 members (excludes halogenated alkanes) is 7. The van der Waals surface area contributed by atoms with Crippen molar-refractivity contribution in [1.82, 2.24) is 10.2 Å². The Morgan fingerprint density at radius 1 is 1.21 bits per heavy atom. The highest BCUT2D eigenvalue weighted by Crippen LogP contribution is 2.11. The minimum absolute atomic E-state index is 0.115. The molecule has 0 spiro atoms. The number of rotatable bonds is 10. The second kappa shape index (κ2) is 9.90. The van der Waals surface area contributed by atoms with E-state index in [0.29, 0.717) is 0 Å². The molecule has 1 aliphatic rings. The molecule has 0 aromatic rings. The number of allylic oxidation sites excluding steroid dienone is 1. The Kier molecular flexibility index (Phi) is 8.39. The number of nitrogens with zero attached hydrogens (tertiary/aromatic N) is 1. The highest BCUT2D eigenvalue weighted by atomic mass is 16.3. The average molecular weight is 266 g/mol. The summed E-state index contributed by atoms with van der Waals surface area (Å²) in [6.07, 6.45) is 18.4. The molecule has 0 saturated heterocycles. The predicted molar refractivity (Wildman–Crippen MR) is 81.3 cm³/mol. The van der Waals surface area contributed by atoms with Gasteiger partial charge in [0.25, 0.3) is 0 Å². The molecule has 3 nitrogen and oxygen atoms in total. The average Bonchev–Trinajstić information content (AvgIpc) is 2.85. The van der Waals surface area contributed by atoms with Gasteiger partial charge in [-0.05, 0) is 25.8 Å². The SMILES string of the molecule is CCCCCCCCC/C=C/C1NC=CN1C(C)O. The van der Waals surface area contributed by atoms with Gasteiger partial charge < -0.3 is 15.3 Å². The van der Waals surface area contributed by atoms with Gasteiger partial charge in [-0.25, -0.2) is 0 Å². The smallest absolute Gasteiger partial charge is 0.125 e. The lowest BCUT2D eigenvalue weighted by Gasteiger charge is -2.25. The molecule has 2 N–H and O–H groups in total. The molecule has 3 heteroatoms. The summed E-state index contributed by atoms with van der Waals surface area (Å²) in [5.74, 6) is 0. The van der Waals surface area contributed by atoms with Crippen LogP contribution in [0.15, 0.2) is 24.6 Å². The third kappa shape index (κ3) is 6.67. The molecule has 0 aliphatic carbocycles. The van der Waals surface area contributed by atoms with Crippen molar-refractivity contribution in [2.45, 2.75) is 77.6 Å². The summed E-state index contributed by atoms with van der Waals surface area (Å²) >= 11 is 0. The molecule has 0 bridgehead atoms. The highest BCUT2D eigenvalue weighted by Gasteiger charge is 2.18. The fourth-order valence-electron chi connectivity index (χ4n) is 2.36. The fourth-order valence-corrected chi connectivity index (χ4v) is 2.36. The number of aliphatic hydroxyl groups excluding tert-OH is 1. The van der Waals surface area contributed by atoms with E-state index in [1.165, 1.54) is 44.9 Å². The molecule has 2 atom stereocenters. The Morgan fingerprint density at radius 2 is 1.89 bits per heavy atom. The van der Waals surface area contributed by atoms with Gasteiger partial charge in [0, 0.05) is 12.4 Å². The molecule has 0 amide bonds. The Bertz CT molecular complexity index is 274. The fraction of sp³-hybridized carbons (Fsp3) is 0.750. The third-order valence-electron chi connectivity index (χ3n) is 3.56. The van der Waals surface area contributed by atoms with E-state index in [1.54, 1.807) is 6.92 Å². The minimum atomic E-state index is -0.445. The Morgan fingerprint density at radius 3 is 2.58 bits per heavy atom. The van der Waals surface area contributed by atoms with Crippen LogP contribution in [-0.4, -0.2) is 22.4 Å². The molecule has 1 rings (SSSR count). The molecule has 0 aromatic heterocycles. The molecule has 0 saturated carbocycles. The molecule has 110 valence electrons. The van der Waals surface area contributed by atoms with Crippen LogP contribution in [-0.2, 0) is 0 Å². The second-order valence-corrected chi connectivity index (χ2v) is 5.34. The molecule has 1 heterocycles. The number of nitrogens with one attached hydrogen (secondary N) is 1. The second-order valence-electron chi connectivity index (χ2n) is 5.34. The van der Waals surface area contributed by atoms with E-state index in [9.17, 15) is 5.11 Å². The summed E-state index contributed by atoms with van der Waals surface area (Å²) < 4.78 is 0. The highest BCUT2D eigenvalue weighted by molar-refractivity contribution is 5.04. The number of hydrogen-bond acceptors (Lipinski definition) is 3. The van der Waals surface area contributed by atoms with E-state index in [1.807, 2.05) is 17.3 Å². The van der Waals surface area contributed by atoms with Crippen molar-refractivity contribution in [2.24, 2.45) is 0 Å². The molecule has 19 heavy (non-hydrogen) atoms. The van der Waals surface area contributed by atoms with E-state index in [-0.39, 0.29) is 6.17 Å². The van der Waals surface area contributed by atoms with Crippen molar-refractivity contribution in [2.75, 3.05) is 0 Å².